The normalized spacial score (nSPS) is 14.2. The first-order chi connectivity index (χ1) is 9.13. The molecule has 0 unspecified atom stereocenters. The largest absolute Gasteiger partial charge is 0.482 e. The molecule has 2 aromatic rings. The number of hydrogen-bond acceptors (Lipinski definition) is 4. The van der Waals surface area contributed by atoms with Crippen LogP contribution in [-0.4, -0.2) is 17.5 Å². The predicted molar refractivity (Wildman–Crippen MR) is 78.0 cm³/mol. The van der Waals surface area contributed by atoms with Crippen LogP contribution < -0.4 is 9.64 Å². The van der Waals surface area contributed by atoms with Gasteiger partial charge in [0.05, 0.1) is 12.2 Å². The number of benzene rings is 1. The molecule has 4 nitrogen and oxygen atoms in total. The Morgan fingerprint density at radius 1 is 1.53 bits per heavy atom. The monoisotopic (exact) mass is 358 g/mol. The number of ether oxygens (including phenoxy) is 1. The smallest absolute Gasteiger partial charge is 0.265 e. The molecule has 0 aliphatic carbocycles. The van der Waals surface area contributed by atoms with Gasteiger partial charge in [0.1, 0.15) is 5.75 Å². The predicted octanol–water partition coefficient (Wildman–Crippen LogP) is 3.48. The summed E-state index contributed by atoms with van der Waals surface area (Å²) in [5.74, 6) is 0.633. The number of hydrogen-bond donors (Lipinski definition) is 0. The number of halogens is 2. The molecule has 7 heteroatoms. The van der Waals surface area contributed by atoms with Crippen LogP contribution in [0.15, 0.2) is 28.9 Å². The number of carbonyl (C=O) groups excluding carboxylic acids is 1. The van der Waals surface area contributed by atoms with E-state index in [0.717, 1.165) is 15.0 Å². The molecule has 0 atom stereocenters. The molecule has 1 aliphatic rings. The van der Waals surface area contributed by atoms with Gasteiger partial charge in [0.15, 0.2) is 11.1 Å². The molecule has 1 amide bonds. The fourth-order valence-electron chi connectivity index (χ4n) is 1.86. The molecule has 0 bridgehead atoms. The van der Waals surface area contributed by atoms with Crippen molar-refractivity contribution in [3.05, 3.63) is 38.2 Å². The first kappa shape index (κ1) is 12.9. The van der Waals surface area contributed by atoms with Crippen LogP contribution in [0.5, 0.6) is 5.75 Å². The second kappa shape index (κ2) is 5.11. The Hall–Kier alpha value is -1.11. The number of carbonyl (C=O) groups is 1. The zero-order chi connectivity index (χ0) is 13.4. The van der Waals surface area contributed by atoms with Crippen molar-refractivity contribution in [1.29, 1.82) is 0 Å². The van der Waals surface area contributed by atoms with Crippen LogP contribution in [0.2, 0.25) is 4.47 Å². The lowest BCUT2D eigenvalue weighted by atomic mass is 10.2. The van der Waals surface area contributed by atoms with Crippen molar-refractivity contribution in [1.82, 2.24) is 4.98 Å². The quantitative estimate of drug-likeness (QED) is 0.824. The highest BCUT2D eigenvalue weighted by Crippen LogP contribution is 2.36. The van der Waals surface area contributed by atoms with Crippen LogP contribution in [0, 0.1) is 0 Å². The third-order valence-electron chi connectivity index (χ3n) is 2.70. The average Bonchev–Trinajstić information content (AvgIpc) is 2.79. The Kier molecular flexibility index (Phi) is 3.47. The van der Waals surface area contributed by atoms with Crippen LogP contribution in [0.1, 0.15) is 4.88 Å². The molecule has 98 valence electrons. The molecule has 0 saturated heterocycles. The van der Waals surface area contributed by atoms with Crippen LogP contribution in [0.4, 0.5) is 5.69 Å². The van der Waals surface area contributed by atoms with Crippen molar-refractivity contribution in [3.8, 4) is 5.75 Å². The Morgan fingerprint density at radius 3 is 3.11 bits per heavy atom. The first-order valence-electron chi connectivity index (χ1n) is 5.46. The van der Waals surface area contributed by atoms with E-state index in [0.29, 0.717) is 16.8 Å². The van der Waals surface area contributed by atoms with E-state index in [1.54, 1.807) is 11.1 Å². The minimum atomic E-state index is -0.0740. The number of anilines is 1. The third kappa shape index (κ3) is 2.61. The minimum absolute atomic E-state index is 0.0567. The van der Waals surface area contributed by atoms with Crippen molar-refractivity contribution < 1.29 is 9.53 Å². The Labute approximate surface area is 127 Å². The van der Waals surface area contributed by atoms with E-state index >= 15 is 0 Å². The van der Waals surface area contributed by atoms with Crippen molar-refractivity contribution in [3.63, 3.8) is 0 Å². The highest BCUT2D eigenvalue weighted by molar-refractivity contribution is 9.10. The Morgan fingerprint density at radius 2 is 2.37 bits per heavy atom. The minimum Gasteiger partial charge on any atom is -0.482 e. The molecule has 0 saturated carbocycles. The van der Waals surface area contributed by atoms with Crippen LogP contribution >= 0.6 is 38.9 Å². The molecule has 0 spiro atoms. The van der Waals surface area contributed by atoms with Gasteiger partial charge in [0.25, 0.3) is 5.91 Å². The van der Waals surface area contributed by atoms with Gasteiger partial charge in [-0.2, -0.15) is 0 Å². The summed E-state index contributed by atoms with van der Waals surface area (Å²) in [5, 5.41) is 0. The van der Waals surface area contributed by atoms with Gasteiger partial charge in [-0.15, -0.1) is 11.3 Å². The fraction of sp³-hybridized carbons (Fsp3) is 0.167. The van der Waals surface area contributed by atoms with E-state index in [9.17, 15) is 4.79 Å². The summed E-state index contributed by atoms with van der Waals surface area (Å²) >= 11 is 10.6. The van der Waals surface area contributed by atoms with Crippen LogP contribution in [0.25, 0.3) is 0 Å². The summed E-state index contributed by atoms with van der Waals surface area (Å²) in [6.07, 6.45) is 1.69. The maximum atomic E-state index is 12.0. The maximum Gasteiger partial charge on any atom is 0.265 e. The van der Waals surface area contributed by atoms with E-state index < -0.39 is 0 Å². The van der Waals surface area contributed by atoms with Gasteiger partial charge in [0.2, 0.25) is 0 Å². The molecular weight excluding hydrogens is 352 g/mol. The summed E-state index contributed by atoms with van der Waals surface area (Å²) in [5.41, 5.74) is 0.759. The molecule has 1 aliphatic heterocycles. The van der Waals surface area contributed by atoms with Gasteiger partial charge >= 0.3 is 0 Å². The van der Waals surface area contributed by atoms with Gasteiger partial charge < -0.3 is 9.64 Å². The summed E-state index contributed by atoms with van der Waals surface area (Å²) in [7, 11) is 0. The molecule has 0 fully saturated rings. The lowest BCUT2D eigenvalue weighted by Crippen LogP contribution is -2.38. The second-order valence-electron chi connectivity index (χ2n) is 3.96. The average molecular weight is 360 g/mol. The molecule has 3 rings (SSSR count). The zero-order valence-corrected chi connectivity index (χ0v) is 12.8. The van der Waals surface area contributed by atoms with Crippen molar-refractivity contribution in [2.45, 2.75) is 6.54 Å². The van der Waals surface area contributed by atoms with Gasteiger partial charge in [-0.05, 0) is 18.2 Å². The lowest BCUT2D eigenvalue weighted by molar-refractivity contribution is -0.121. The molecule has 0 radical (unpaired) electrons. The third-order valence-corrected chi connectivity index (χ3v) is 4.30. The van der Waals surface area contributed by atoms with Crippen LogP contribution in [0.3, 0.4) is 0 Å². The zero-order valence-electron chi connectivity index (χ0n) is 9.60. The van der Waals surface area contributed by atoms with Crippen molar-refractivity contribution in [2.24, 2.45) is 0 Å². The molecular formula is C12H8BrClN2O2S. The van der Waals surface area contributed by atoms with Crippen molar-refractivity contribution >= 4 is 50.5 Å². The number of fused-ring (bicyclic) bond motifs is 1. The summed E-state index contributed by atoms with van der Waals surface area (Å²) < 4.78 is 6.79. The Bertz CT molecular complexity index is 646. The van der Waals surface area contributed by atoms with Gasteiger partial charge in [-0.25, -0.2) is 4.98 Å². The topological polar surface area (TPSA) is 42.4 Å². The molecule has 19 heavy (non-hydrogen) atoms. The summed E-state index contributed by atoms with van der Waals surface area (Å²) in [4.78, 5) is 18.6. The Balaban J connectivity index is 1.96. The summed E-state index contributed by atoms with van der Waals surface area (Å²) in [6.45, 7) is 0.511. The van der Waals surface area contributed by atoms with Gasteiger partial charge in [0, 0.05) is 15.5 Å². The van der Waals surface area contributed by atoms with E-state index in [-0.39, 0.29) is 12.5 Å². The highest BCUT2D eigenvalue weighted by Gasteiger charge is 2.26. The van der Waals surface area contributed by atoms with Gasteiger partial charge in [-0.3, -0.25) is 4.79 Å². The number of nitrogens with zero attached hydrogens (tertiary/aromatic N) is 2. The number of aromatic nitrogens is 1. The lowest BCUT2D eigenvalue weighted by Gasteiger charge is -2.29. The van der Waals surface area contributed by atoms with E-state index in [1.165, 1.54) is 11.3 Å². The maximum absolute atomic E-state index is 12.0. The van der Waals surface area contributed by atoms with Gasteiger partial charge in [-0.1, -0.05) is 27.5 Å². The standard InChI is InChI=1S/C12H8BrClN2O2S/c13-7-1-2-10-9(3-7)16(11(17)6-18-10)5-8-4-15-12(14)19-8/h1-4H,5-6H2. The SMILES string of the molecule is O=C1COc2ccc(Br)cc2N1Cc1cnc(Cl)s1. The van der Waals surface area contributed by atoms with E-state index in [4.69, 9.17) is 16.3 Å². The van der Waals surface area contributed by atoms with Crippen molar-refractivity contribution in [2.75, 3.05) is 11.5 Å². The van der Waals surface area contributed by atoms with Crippen LogP contribution in [-0.2, 0) is 11.3 Å². The first-order valence-corrected chi connectivity index (χ1v) is 7.45. The molecule has 1 aromatic carbocycles. The molecule has 0 N–H and O–H groups in total. The second-order valence-corrected chi connectivity index (χ2v) is 6.57. The van der Waals surface area contributed by atoms with E-state index in [2.05, 4.69) is 20.9 Å². The summed E-state index contributed by atoms with van der Waals surface area (Å²) in [6, 6.07) is 5.60. The molecule has 1 aromatic heterocycles. The number of thiazole rings is 1. The van der Waals surface area contributed by atoms with E-state index in [1.807, 2.05) is 18.2 Å². The fourth-order valence-corrected chi connectivity index (χ4v) is 3.18. The highest BCUT2D eigenvalue weighted by atomic mass is 79.9. The number of amides is 1. The number of rotatable bonds is 2. The molecule has 2 heterocycles.